The summed E-state index contributed by atoms with van der Waals surface area (Å²) < 4.78 is 0. The molecule has 0 fully saturated rings. The highest BCUT2D eigenvalue weighted by Crippen LogP contribution is 2.17. The molecule has 2 amide bonds. The van der Waals surface area contributed by atoms with Gasteiger partial charge < -0.3 is 10.4 Å². The van der Waals surface area contributed by atoms with E-state index in [-0.39, 0.29) is 11.8 Å². The highest BCUT2D eigenvalue weighted by atomic mass is 35.5. The molecule has 0 radical (unpaired) electrons. The molecule has 0 aliphatic rings. The number of nitrogens with zero attached hydrogens (tertiary/aromatic N) is 1. The first kappa shape index (κ1) is 14.9. The largest absolute Gasteiger partial charge is 0.508 e. The second-order valence-corrected chi connectivity index (χ2v) is 4.85. The molecule has 0 saturated carbocycles. The minimum Gasteiger partial charge on any atom is -0.508 e. The van der Waals surface area contributed by atoms with E-state index in [0.717, 1.165) is 5.56 Å². The van der Waals surface area contributed by atoms with Gasteiger partial charge in [0.1, 0.15) is 5.75 Å². The number of anilines is 1. The van der Waals surface area contributed by atoms with Crippen molar-refractivity contribution in [3.8, 4) is 5.75 Å². The van der Waals surface area contributed by atoms with Gasteiger partial charge in [0.05, 0.1) is 0 Å². The lowest BCUT2D eigenvalue weighted by Gasteiger charge is -2.16. The van der Waals surface area contributed by atoms with Crippen LogP contribution in [0.4, 0.5) is 10.5 Å². The maximum Gasteiger partial charge on any atom is 0.325 e. The van der Waals surface area contributed by atoms with E-state index in [4.69, 9.17) is 11.6 Å². The molecule has 0 atom stereocenters. The van der Waals surface area contributed by atoms with Crippen LogP contribution in [0.3, 0.4) is 0 Å². The lowest BCUT2D eigenvalue weighted by Crippen LogP contribution is -2.34. The molecule has 21 heavy (non-hydrogen) atoms. The van der Waals surface area contributed by atoms with Crippen molar-refractivity contribution in [2.75, 3.05) is 11.9 Å². The van der Waals surface area contributed by atoms with Crippen molar-refractivity contribution in [2.24, 2.45) is 0 Å². The number of aromatic hydroxyl groups is 1. The number of phenols is 1. The fourth-order valence-corrected chi connectivity index (χ4v) is 1.91. The van der Waals surface area contributed by atoms with Gasteiger partial charge in [0.25, 0.3) is 0 Å². The Morgan fingerprint density at radius 3 is 2.62 bits per heavy atom. The van der Waals surface area contributed by atoms with Crippen LogP contribution in [0.1, 0.15) is 5.56 Å². The summed E-state index contributed by atoms with van der Waals surface area (Å²) in [5.74, 6) is 0.161. The number of carbonyl (C=O) groups is 1. The van der Waals surface area contributed by atoms with E-state index in [1.54, 1.807) is 43.6 Å². The number of rotatable bonds is 3. The van der Waals surface area contributed by atoms with Gasteiger partial charge in [-0.2, -0.15) is 0 Å². The van der Waals surface area contributed by atoms with E-state index in [0.29, 0.717) is 10.7 Å². The molecule has 0 aliphatic carbocycles. The average molecular weight is 303 g/mol. The predicted molar refractivity (Wildman–Crippen MR) is 85.5 cm³/mol. The molecule has 0 aliphatic heterocycles. The molecule has 0 bridgehead atoms. The second-order valence-electron chi connectivity index (χ2n) is 4.41. The first-order chi connectivity index (χ1) is 10.1. The van der Waals surface area contributed by atoms with Crippen molar-refractivity contribution in [3.05, 3.63) is 65.3 Å². The highest BCUT2D eigenvalue weighted by Gasteiger charge is 2.08. The van der Waals surface area contributed by atoms with Crippen LogP contribution < -0.4 is 10.2 Å². The van der Waals surface area contributed by atoms with Gasteiger partial charge in [-0.05, 0) is 48.0 Å². The summed E-state index contributed by atoms with van der Waals surface area (Å²) in [4.78, 5) is 13.4. The van der Waals surface area contributed by atoms with E-state index in [2.05, 4.69) is 5.32 Å². The molecule has 5 heteroatoms. The summed E-state index contributed by atoms with van der Waals surface area (Å²) in [7, 11) is 1.65. The molecule has 0 unspecified atom stereocenters. The fraction of sp³-hybridized carbons (Fsp3) is 0.0625. The smallest absolute Gasteiger partial charge is 0.325 e. The summed E-state index contributed by atoms with van der Waals surface area (Å²) in [5, 5.41) is 12.5. The van der Waals surface area contributed by atoms with Crippen LogP contribution in [0.15, 0.2) is 54.7 Å². The van der Waals surface area contributed by atoms with Gasteiger partial charge in [-0.1, -0.05) is 23.7 Å². The number of amides is 2. The maximum atomic E-state index is 12.0. The molecular formula is C16H15ClN2O2. The summed E-state index contributed by atoms with van der Waals surface area (Å²) >= 11 is 5.88. The van der Waals surface area contributed by atoms with Gasteiger partial charge in [0.15, 0.2) is 0 Å². The van der Waals surface area contributed by atoms with Gasteiger partial charge in [-0.3, -0.25) is 4.90 Å². The van der Waals surface area contributed by atoms with E-state index in [1.807, 2.05) is 12.1 Å². The Morgan fingerprint density at radius 1 is 1.24 bits per heavy atom. The van der Waals surface area contributed by atoms with Crippen molar-refractivity contribution >= 4 is 29.4 Å². The molecule has 0 saturated heterocycles. The quantitative estimate of drug-likeness (QED) is 0.904. The third kappa shape index (κ3) is 4.26. The van der Waals surface area contributed by atoms with Gasteiger partial charge in [-0.15, -0.1) is 0 Å². The first-order valence-corrected chi connectivity index (χ1v) is 6.69. The number of hydrogen-bond donors (Lipinski definition) is 2. The first-order valence-electron chi connectivity index (χ1n) is 6.31. The van der Waals surface area contributed by atoms with Crippen LogP contribution in [0.25, 0.3) is 6.08 Å². The van der Waals surface area contributed by atoms with Crippen LogP contribution in [-0.4, -0.2) is 18.2 Å². The van der Waals surface area contributed by atoms with Crippen LogP contribution in [0.2, 0.25) is 5.02 Å². The number of carbonyl (C=O) groups excluding carboxylic acids is 1. The van der Waals surface area contributed by atoms with Gasteiger partial charge in [-0.25, -0.2) is 4.79 Å². The average Bonchev–Trinajstić information content (AvgIpc) is 2.47. The second kappa shape index (κ2) is 6.81. The molecule has 108 valence electrons. The fourth-order valence-electron chi connectivity index (χ4n) is 1.71. The summed E-state index contributed by atoms with van der Waals surface area (Å²) in [6.45, 7) is 0. The normalized spacial score (nSPS) is 10.6. The molecule has 0 aromatic heterocycles. The Kier molecular flexibility index (Phi) is 4.85. The van der Waals surface area contributed by atoms with E-state index in [9.17, 15) is 9.90 Å². The Hall–Kier alpha value is -2.46. The van der Waals surface area contributed by atoms with Gasteiger partial charge >= 0.3 is 6.03 Å². The van der Waals surface area contributed by atoms with Crippen molar-refractivity contribution in [1.29, 1.82) is 0 Å². The Morgan fingerprint density at radius 2 is 1.95 bits per heavy atom. The molecule has 2 N–H and O–H groups in total. The van der Waals surface area contributed by atoms with Gasteiger partial charge in [0.2, 0.25) is 0 Å². The molecule has 0 spiro atoms. The predicted octanol–water partition coefficient (Wildman–Crippen LogP) is 3.86. The molecule has 2 rings (SSSR count). The van der Waals surface area contributed by atoms with Gasteiger partial charge in [0, 0.05) is 24.0 Å². The van der Waals surface area contributed by atoms with Crippen LogP contribution in [-0.2, 0) is 0 Å². The highest BCUT2D eigenvalue weighted by molar-refractivity contribution is 6.30. The van der Waals surface area contributed by atoms with E-state index in [1.165, 1.54) is 17.0 Å². The number of urea groups is 1. The third-order valence-electron chi connectivity index (χ3n) is 2.87. The summed E-state index contributed by atoms with van der Waals surface area (Å²) in [6, 6.07) is 13.4. The number of benzene rings is 2. The molecule has 0 heterocycles. The zero-order chi connectivity index (χ0) is 15.2. The Bertz CT molecular complexity index is 654. The Labute approximate surface area is 128 Å². The number of phenolic OH excluding ortho intramolecular Hbond substituents is 1. The summed E-state index contributed by atoms with van der Waals surface area (Å²) in [6.07, 6.45) is 3.32. The van der Waals surface area contributed by atoms with E-state index >= 15 is 0 Å². The zero-order valence-electron chi connectivity index (χ0n) is 11.5. The van der Waals surface area contributed by atoms with Crippen molar-refractivity contribution in [3.63, 3.8) is 0 Å². The lowest BCUT2D eigenvalue weighted by atomic mass is 10.2. The van der Waals surface area contributed by atoms with Crippen molar-refractivity contribution in [1.82, 2.24) is 5.32 Å². The van der Waals surface area contributed by atoms with Crippen LogP contribution in [0, 0.1) is 0 Å². The number of nitrogens with one attached hydrogen (secondary N) is 1. The lowest BCUT2D eigenvalue weighted by molar-refractivity contribution is 0.250. The van der Waals surface area contributed by atoms with Crippen LogP contribution >= 0.6 is 11.6 Å². The Balaban J connectivity index is 1.96. The van der Waals surface area contributed by atoms with Crippen LogP contribution in [0.5, 0.6) is 5.75 Å². The standard InChI is InChI=1S/C16H15ClN2O2/c1-19(14-5-7-15(20)8-6-14)16(21)18-10-9-12-3-2-4-13(17)11-12/h2-11,20H,1H3,(H,18,21)/b10-9+. The molecular weight excluding hydrogens is 288 g/mol. The summed E-state index contributed by atoms with van der Waals surface area (Å²) in [5.41, 5.74) is 1.58. The third-order valence-corrected chi connectivity index (χ3v) is 3.11. The SMILES string of the molecule is CN(C(=O)N/C=C/c1cccc(Cl)c1)c1ccc(O)cc1. The number of halogens is 1. The minimum atomic E-state index is -0.279. The zero-order valence-corrected chi connectivity index (χ0v) is 12.2. The van der Waals surface area contributed by atoms with Crippen molar-refractivity contribution in [2.45, 2.75) is 0 Å². The topological polar surface area (TPSA) is 52.6 Å². The van der Waals surface area contributed by atoms with E-state index < -0.39 is 0 Å². The van der Waals surface area contributed by atoms with Crippen molar-refractivity contribution < 1.29 is 9.90 Å². The number of hydrogen-bond acceptors (Lipinski definition) is 2. The minimum absolute atomic E-state index is 0.161. The molecule has 4 nitrogen and oxygen atoms in total. The molecule has 2 aromatic carbocycles. The molecule has 2 aromatic rings. The maximum absolute atomic E-state index is 12.0. The monoisotopic (exact) mass is 302 g/mol.